The fraction of sp³-hybridized carbons (Fsp3) is 0.611. The van der Waals surface area contributed by atoms with E-state index in [0.717, 1.165) is 35.6 Å². The molecule has 0 aliphatic carbocycles. The van der Waals surface area contributed by atoms with Crippen LogP contribution in [0.1, 0.15) is 30.5 Å². The highest BCUT2D eigenvalue weighted by atomic mass is 15.2. The van der Waals surface area contributed by atoms with Crippen LogP contribution in [0, 0.1) is 19.3 Å². The van der Waals surface area contributed by atoms with Crippen LogP contribution in [0.2, 0.25) is 0 Å². The van der Waals surface area contributed by atoms with Crippen LogP contribution in [0.25, 0.3) is 11.0 Å². The largest absolute Gasteiger partial charge is 0.355 e. The monoisotopic (exact) mass is 311 g/mol. The molecule has 2 aromatic heterocycles. The van der Waals surface area contributed by atoms with E-state index in [-0.39, 0.29) is 0 Å². The van der Waals surface area contributed by atoms with Gasteiger partial charge in [0.15, 0.2) is 5.65 Å². The second-order valence-electron chi connectivity index (χ2n) is 7.49. The second kappa shape index (κ2) is 5.41. The normalized spacial score (nSPS) is 25.6. The lowest BCUT2D eigenvalue weighted by atomic mass is 9.79. The zero-order valence-corrected chi connectivity index (χ0v) is 14.3. The number of likely N-dealkylation sites (tertiary alicyclic amines) is 1. The number of nitrogens with zero attached hydrogens (tertiary/aromatic N) is 5. The van der Waals surface area contributed by atoms with Gasteiger partial charge in [0, 0.05) is 30.7 Å². The quantitative estimate of drug-likeness (QED) is 0.810. The van der Waals surface area contributed by atoms with Gasteiger partial charge in [0.25, 0.3) is 0 Å². The highest BCUT2D eigenvalue weighted by Crippen LogP contribution is 2.40. The Morgan fingerprint density at radius 1 is 1.09 bits per heavy atom. The van der Waals surface area contributed by atoms with E-state index in [1.807, 2.05) is 6.92 Å². The van der Waals surface area contributed by atoms with Gasteiger partial charge in [-0.3, -0.25) is 0 Å². The molecular formula is C18H25N5. The van der Waals surface area contributed by atoms with Gasteiger partial charge in [0.2, 0.25) is 0 Å². The maximum atomic E-state index is 4.66. The molecule has 2 saturated heterocycles. The Hall–Kier alpha value is -1.75. The molecule has 2 aliphatic rings. The van der Waals surface area contributed by atoms with E-state index in [1.165, 1.54) is 37.9 Å². The van der Waals surface area contributed by atoms with Gasteiger partial charge in [-0.25, -0.2) is 15.0 Å². The molecule has 4 heterocycles. The van der Waals surface area contributed by atoms with Gasteiger partial charge in [0.05, 0.1) is 5.39 Å². The molecule has 0 aromatic carbocycles. The molecule has 0 unspecified atom stereocenters. The second-order valence-corrected chi connectivity index (χ2v) is 7.49. The van der Waals surface area contributed by atoms with Crippen LogP contribution in [-0.2, 0) is 0 Å². The lowest BCUT2D eigenvalue weighted by molar-refractivity contribution is 0.234. The van der Waals surface area contributed by atoms with E-state index in [4.69, 9.17) is 0 Å². The van der Waals surface area contributed by atoms with Gasteiger partial charge in [-0.2, -0.15) is 0 Å². The van der Waals surface area contributed by atoms with Crippen LogP contribution in [0.3, 0.4) is 0 Å². The highest BCUT2D eigenvalue weighted by molar-refractivity contribution is 5.90. The smallest absolute Gasteiger partial charge is 0.165 e. The number of aromatic nitrogens is 3. The summed E-state index contributed by atoms with van der Waals surface area (Å²) in [6.07, 6.45) is 5.57. The molecule has 5 heteroatoms. The fourth-order valence-corrected chi connectivity index (χ4v) is 4.51. The summed E-state index contributed by atoms with van der Waals surface area (Å²) in [4.78, 5) is 18.6. The molecule has 1 atom stereocenters. The summed E-state index contributed by atoms with van der Waals surface area (Å²) in [6, 6.07) is 2.14. The molecule has 0 N–H and O–H groups in total. The van der Waals surface area contributed by atoms with Crippen LogP contribution in [0.15, 0.2) is 12.4 Å². The molecule has 0 amide bonds. The average molecular weight is 311 g/mol. The van der Waals surface area contributed by atoms with Crippen LogP contribution < -0.4 is 4.90 Å². The topological polar surface area (TPSA) is 45.2 Å². The molecule has 2 aromatic rings. The fourth-order valence-electron chi connectivity index (χ4n) is 4.51. The first-order valence-corrected chi connectivity index (χ1v) is 8.59. The minimum atomic E-state index is 0.441. The molecular weight excluding hydrogens is 286 g/mol. The zero-order valence-electron chi connectivity index (χ0n) is 14.3. The highest BCUT2D eigenvalue weighted by Gasteiger charge is 2.40. The summed E-state index contributed by atoms with van der Waals surface area (Å²) in [5, 5.41) is 1.13. The van der Waals surface area contributed by atoms with Crippen molar-refractivity contribution in [3.05, 3.63) is 23.7 Å². The summed E-state index contributed by atoms with van der Waals surface area (Å²) >= 11 is 0. The first kappa shape index (κ1) is 14.8. The minimum absolute atomic E-state index is 0.441. The first-order chi connectivity index (χ1) is 11.1. The Labute approximate surface area is 137 Å². The van der Waals surface area contributed by atoms with Crippen molar-refractivity contribution in [2.75, 3.05) is 38.1 Å². The van der Waals surface area contributed by atoms with Crippen molar-refractivity contribution < 1.29 is 0 Å². The van der Waals surface area contributed by atoms with E-state index in [0.29, 0.717) is 5.41 Å². The summed E-state index contributed by atoms with van der Waals surface area (Å²) in [5.41, 5.74) is 3.52. The van der Waals surface area contributed by atoms with Gasteiger partial charge in [-0.1, -0.05) is 0 Å². The molecule has 4 rings (SSSR count). The standard InChI is InChI=1S/C18H25N5/c1-13-9-14(2)21-16-15(13)17(20-12-19-16)23-7-4-5-18(11-23)6-8-22(3)10-18/h9,12H,4-8,10-11H2,1-3H3/t18-/m1/s1. The average Bonchev–Trinajstić information content (AvgIpc) is 2.86. The molecule has 2 aliphatic heterocycles. The van der Waals surface area contributed by atoms with Crippen LogP contribution in [-0.4, -0.2) is 53.1 Å². The third-order valence-corrected chi connectivity index (χ3v) is 5.50. The SMILES string of the molecule is Cc1cc(C)c2c(N3CCC[C@]4(CCN(C)C4)C3)ncnc2n1. The minimum Gasteiger partial charge on any atom is -0.355 e. The summed E-state index contributed by atoms with van der Waals surface area (Å²) < 4.78 is 0. The summed E-state index contributed by atoms with van der Waals surface area (Å²) in [7, 11) is 2.24. The molecule has 23 heavy (non-hydrogen) atoms. The zero-order chi connectivity index (χ0) is 16.0. The van der Waals surface area contributed by atoms with Crippen molar-refractivity contribution >= 4 is 16.9 Å². The number of anilines is 1. The van der Waals surface area contributed by atoms with Crippen molar-refractivity contribution in [2.24, 2.45) is 5.41 Å². The third-order valence-electron chi connectivity index (χ3n) is 5.50. The predicted molar refractivity (Wildman–Crippen MR) is 92.8 cm³/mol. The number of pyridine rings is 1. The molecule has 0 radical (unpaired) electrons. The molecule has 1 spiro atoms. The Balaban J connectivity index is 1.74. The van der Waals surface area contributed by atoms with Crippen LogP contribution >= 0.6 is 0 Å². The van der Waals surface area contributed by atoms with Crippen molar-refractivity contribution in [1.82, 2.24) is 19.9 Å². The van der Waals surface area contributed by atoms with E-state index in [9.17, 15) is 0 Å². The van der Waals surface area contributed by atoms with E-state index in [1.54, 1.807) is 6.33 Å². The summed E-state index contributed by atoms with van der Waals surface area (Å²) in [5.74, 6) is 1.08. The van der Waals surface area contributed by atoms with E-state index >= 15 is 0 Å². The van der Waals surface area contributed by atoms with Gasteiger partial charge >= 0.3 is 0 Å². The molecule has 122 valence electrons. The van der Waals surface area contributed by atoms with Gasteiger partial charge in [0.1, 0.15) is 12.1 Å². The van der Waals surface area contributed by atoms with E-state index < -0.39 is 0 Å². The maximum Gasteiger partial charge on any atom is 0.165 e. The lowest BCUT2D eigenvalue weighted by Gasteiger charge is -2.41. The molecule has 2 fully saturated rings. The van der Waals surface area contributed by atoms with Crippen LogP contribution in [0.5, 0.6) is 0 Å². The Bertz CT molecular complexity index is 740. The number of hydrogen-bond donors (Lipinski definition) is 0. The lowest BCUT2D eigenvalue weighted by Crippen LogP contribution is -2.45. The Kier molecular flexibility index (Phi) is 3.48. The van der Waals surface area contributed by atoms with Gasteiger partial charge in [-0.15, -0.1) is 0 Å². The van der Waals surface area contributed by atoms with Crippen molar-refractivity contribution in [2.45, 2.75) is 33.1 Å². The number of rotatable bonds is 1. The molecule has 0 bridgehead atoms. The summed E-state index contributed by atoms with van der Waals surface area (Å²) in [6.45, 7) is 8.80. The molecule has 0 saturated carbocycles. The number of fused-ring (bicyclic) bond motifs is 1. The third kappa shape index (κ3) is 2.57. The van der Waals surface area contributed by atoms with Crippen molar-refractivity contribution in [3.63, 3.8) is 0 Å². The van der Waals surface area contributed by atoms with E-state index in [2.05, 4.69) is 44.8 Å². The maximum absolute atomic E-state index is 4.66. The Morgan fingerprint density at radius 2 is 1.96 bits per heavy atom. The van der Waals surface area contributed by atoms with Gasteiger partial charge in [-0.05, 0) is 58.3 Å². The van der Waals surface area contributed by atoms with Gasteiger partial charge < -0.3 is 9.80 Å². The first-order valence-electron chi connectivity index (χ1n) is 8.59. The number of aryl methyl sites for hydroxylation is 2. The van der Waals surface area contributed by atoms with Crippen molar-refractivity contribution in [3.8, 4) is 0 Å². The van der Waals surface area contributed by atoms with Crippen LogP contribution in [0.4, 0.5) is 5.82 Å². The number of hydrogen-bond acceptors (Lipinski definition) is 5. The predicted octanol–water partition coefficient (Wildman–Crippen LogP) is 2.56. The Morgan fingerprint density at radius 3 is 2.74 bits per heavy atom. The molecule has 5 nitrogen and oxygen atoms in total. The number of piperidine rings is 1. The van der Waals surface area contributed by atoms with Crippen molar-refractivity contribution in [1.29, 1.82) is 0 Å².